The minimum absolute atomic E-state index is 0.0828. The van der Waals surface area contributed by atoms with E-state index < -0.39 is 11.6 Å². The normalized spacial score (nSPS) is 10.6. The highest BCUT2D eigenvalue weighted by Gasteiger charge is 2.29. The number of alkyl carbamates (subject to hydrolysis) is 1. The van der Waals surface area contributed by atoms with E-state index in [1.54, 1.807) is 13.8 Å². The largest absolute Gasteiger partial charge is 0.445 e. The van der Waals surface area contributed by atoms with Crippen molar-refractivity contribution in [2.75, 3.05) is 12.4 Å². The maximum atomic E-state index is 11.5. The van der Waals surface area contributed by atoms with E-state index in [2.05, 4.69) is 11.9 Å². The first-order valence-electron chi connectivity index (χ1n) is 4.67. The Hall–Kier alpha value is -0.970. The number of amides is 1. The van der Waals surface area contributed by atoms with Gasteiger partial charge in [-0.3, -0.25) is 4.79 Å². The van der Waals surface area contributed by atoms with Gasteiger partial charge >= 0.3 is 6.09 Å². The average molecular weight is 231 g/mol. The molecule has 0 aromatic carbocycles. The Morgan fingerprint density at radius 1 is 1.53 bits per heavy atom. The molecule has 0 spiro atoms. The molecule has 15 heavy (non-hydrogen) atoms. The summed E-state index contributed by atoms with van der Waals surface area (Å²) in [5.41, 5.74) is -0.904. The quantitative estimate of drug-likeness (QED) is 0.735. The molecule has 5 heteroatoms. The molecule has 0 bridgehead atoms. The highest BCUT2D eigenvalue weighted by atomic mass is 32.2. The Bertz CT molecular complexity index is 251. The molecule has 1 amide bonds. The van der Waals surface area contributed by atoms with Crippen LogP contribution < -0.4 is 5.32 Å². The van der Waals surface area contributed by atoms with Gasteiger partial charge in [0.2, 0.25) is 5.12 Å². The Morgan fingerprint density at radius 2 is 2.13 bits per heavy atom. The number of nitrogens with one attached hydrogen (secondary N) is 1. The number of hydrogen-bond acceptors (Lipinski definition) is 4. The highest BCUT2D eigenvalue weighted by Crippen LogP contribution is 2.14. The number of carbonyl (C=O) groups is 2. The van der Waals surface area contributed by atoms with E-state index in [1.165, 1.54) is 17.8 Å². The molecular weight excluding hydrogens is 214 g/mol. The first-order valence-corrected chi connectivity index (χ1v) is 5.65. The van der Waals surface area contributed by atoms with Crippen LogP contribution in [0.15, 0.2) is 12.7 Å². The van der Waals surface area contributed by atoms with Crippen molar-refractivity contribution in [2.45, 2.75) is 26.3 Å². The van der Waals surface area contributed by atoms with Crippen LogP contribution in [0, 0.1) is 0 Å². The Kier molecular flexibility index (Phi) is 6.08. The van der Waals surface area contributed by atoms with Crippen molar-refractivity contribution in [2.24, 2.45) is 0 Å². The van der Waals surface area contributed by atoms with Gasteiger partial charge in [0, 0.05) is 0 Å². The summed E-state index contributed by atoms with van der Waals surface area (Å²) in [4.78, 5) is 22.7. The first-order chi connectivity index (χ1) is 6.94. The summed E-state index contributed by atoms with van der Waals surface area (Å²) in [6.07, 6.45) is 0.861. The summed E-state index contributed by atoms with van der Waals surface area (Å²) in [5.74, 6) is 0.686. The fraction of sp³-hybridized carbons (Fsp3) is 0.600. The van der Waals surface area contributed by atoms with Gasteiger partial charge in [-0.2, -0.15) is 0 Å². The lowest BCUT2D eigenvalue weighted by Gasteiger charge is -2.23. The average Bonchev–Trinajstić information content (AvgIpc) is 2.14. The lowest BCUT2D eigenvalue weighted by molar-refractivity contribution is -0.115. The fourth-order valence-corrected chi connectivity index (χ4v) is 1.46. The van der Waals surface area contributed by atoms with Gasteiger partial charge < -0.3 is 10.1 Å². The Labute approximate surface area is 94.4 Å². The van der Waals surface area contributed by atoms with Crippen LogP contribution in [0.25, 0.3) is 0 Å². The molecule has 0 aromatic rings. The Morgan fingerprint density at radius 3 is 2.60 bits per heavy atom. The molecule has 0 atom stereocenters. The van der Waals surface area contributed by atoms with Gasteiger partial charge in [0.05, 0.1) is 0 Å². The number of carbonyl (C=O) groups excluding carboxylic acids is 2. The van der Waals surface area contributed by atoms with Gasteiger partial charge in [0.25, 0.3) is 0 Å². The molecule has 0 radical (unpaired) electrons. The van der Waals surface area contributed by atoms with Crippen LogP contribution in [-0.2, 0) is 9.53 Å². The van der Waals surface area contributed by atoms with Crippen LogP contribution in [0.2, 0.25) is 0 Å². The van der Waals surface area contributed by atoms with Gasteiger partial charge in [0.1, 0.15) is 12.1 Å². The molecule has 1 N–H and O–H groups in total. The SMILES string of the molecule is C=CCOC(=O)NC(C)(C)C(=O)SCC. The molecule has 0 fully saturated rings. The number of rotatable bonds is 5. The second kappa shape index (κ2) is 6.50. The monoisotopic (exact) mass is 231 g/mol. The Balaban J connectivity index is 4.17. The van der Waals surface area contributed by atoms with E-state index in [0.717, 1.165) is 0 Å². The maximum absolute atomic E-state index is 11.5. The molecule has 0 saturated carbocycles. The van der Waals surface area contributed by atoms with Crippen LogP contribution in [0.5, 0.6) is 0 Å². The molecule has 0 unspecified atom stereocenters. The summed E-state index contributed by atoms with van der Waals surface area (Å²) in [6.45, 7) is 8.73. The van der Waals surface area contributed by atoms with Crippen LogP contribution in [0.4, 0.5) is 4.79 Å². The molecule has 0 saturated heterocycles. The van der Waals surface area contributed by atoms with Crippen molar-refractivity contribution in [3.63, 3.8) is 0 Å². The second-order valence-electron chi connectivity index (χ2n) is 3.36. The first kappa shape index (κ1) is 14.0. The summed E-state index contributed by atoms with van der Waals surface area (Å²) >= 11 is 1.17. The van der Waals surface area contributed by atoms with Gasteiger partial charge in [-0.25, -0.2) is 4.79 Å². The zero-order valence-corrected chi connectivity index (χ0v) is 10.1. The van der Waals surface area contributed by atoms with Gasteiger partial charge in [-0.1, -0.05) is 31.3 Å². The molecule has 0 aromatic heterocycles. The van der Waals surface area contributed by atoms with E-state index in [9.17, 15) is 9.59 Å². The smallest absolute Gasteiger partial charge is 0.408 e. The molecule has 0 heterocycles. The molecule has 0 aliphatic rings. The molecule has 0 aliphatic heterocycles. The van der Waals surface area contributed by atoms with E-state index in [0.29, 0.717) is 5.75 Å². The summed E-state index contributed by atoms with van der Waals surface area (Å²) in [6, 6.07) is 0. The lowest BCUT2D eigenvalue weighted by atomic mass is 10.1. The topological polar surface area (TPSA) is 55.4 Å². The molecule has 0 rings (SSSR count). The molecule has 0 aliphatic carbocycles. The maximum Gasteiger partial charge on any atom is 0.408 e. The minimum atomic E-state index is -0.904. The van der Waals surface area contributed by atoms with E-state index in [4.69, 9.17) is 4.74 Å². The lowest BCUT2D eigenvalue weighted by Crippen LogP contribution is -2.48. The predicted octanol–water partition coefficient (Wildman–Crippen LogP) is 1.96. The van der Waals surface area contributed by atoms with E-state index in [1.807, 2.05) is 6.92 Å². The van der Waals surface area contributed by atoms with Gasteiger partial charge in [-0.15, -0.1) is 0 Å². The molecular formula is C10H17NO3S. The van der Waals surface area contributed by atoms with Crippen molar-refractivity contribution < 1.29 is 14.3 Å². The third kappa shape index (κ3) is 5.47. The summed E-state index contributed by atoms with van der Waals surface area (Å²) < 4.78 is 4.73. The zero-order chi connectivity index (χ0) is 11.9. The summed E-state index contributed by atoms with van der Waals surface area (Å²) in [7, 11) is 0. The third-order valence-electron chi connectivity index (χ3n) is 1.53. The molecule has 86 valence electrons. The standard InChI is InChI=1S/C10H17NO3S/c1-5-7-14-9(13)11-10(3,4)8(12)15-6-2/h5H,1,6-7H2,2-4H3,(H,11,13). The second-order valence-corrected chi connectivity index (χ2v) is 4.59. The number of hydrogen-bond donors (Lipinski definition) is 1. The van der Waals surface area contributed by atoms with Crippen molar-refractivity contribution in [1.82, 2.24) is 5.32 Å². The molecule has 4 nitrogen and oxygen atoms in total. The fourth-order valence-electron chi connectivity index (χ4n) is 0.788. The highest BCUT2D eigenvalue weighted by molar-refractivity contribution is 8.13. The minimum Gasteiger partial charge on any atom is -0.445 e. The van der Waals surface area contributed by atoms with E-state index >= 15 is 0 Å². The van der Waals surface area contributed by atoms with Crippen molar-refractivity contribution in [3.05, 3.63) is 12.7 Å². The summed E-state index contributed by atoms with van der Waals surface area (Å²) in [5, 5.41) is 2.41. The van der Waals surface area contributed by atoms with Crippen LogP contribution in [0.1, 0.15) is 20.8 Å². The van der Waals surface area contributed by atoms with Crippen LogP contribution >= 0.6 is 11.8 Å². The number of ether oxygens (including phenoxy) is 1. The van der Waals surface area contributed by atoms with Crippen LogP contribution in [0.3, 0.4) is 0 Å². The van der Waals surface area contributed by atoms with Crippen molar-refractivity contribution in [1.29, 1.82) is 0 Å². The number of thioether (sulfide) groups is 1. The predicted molar refractivity (Wildman–Crippen MR) is 61.9 cm³/mol. The van der Waals surface area contributed by atoms with Crippen molar-refractivity contribution in [3.8, 4) is 0 Å². The zero-order valence-electron chi connectivity index (χ0n) is 9.33. The van der Waals surface area contributed by atoms with Crippen molar-refractivity contribution >= 4 is 23.0 Å². The van der Waals surface area contributed by atoms with Gasteiger partial charge in [0.15, 0.2) is 0 Å². The van der Waals surface area contributed by atoms with E-state index in [-0.39, 0.29) is 11.7 Å². The third-order valence-corrected chi connectivity index (χ3v) is 2.59. The van der Waals surface area contributed by atoms with Crippen LogP contribution in [-0.4, -0.2) is 29.1 Å². The van der Waals surface area contributed by atoms with Gasteiger partial charge in [-0.05, 0) is 19.6 Å².